The Morgan fingerprint density at radius 3 is 2.56 bits per heavy atom. The number of hydrogen-bond donors (Lipinski definition) is 1. The van der Waals surface area contributed by atoms with Crippen molar-refractivity contribution < 1.29 is 14.6 Å². The summed E-state index contributed by atoms with van der Waals surface area (Å²) in [4.78, 5) is 15.0. The number of carbonyl (C=O) groups is 1. The topological polar surface area (TPSA) is 67.6 Å². The molecule has 1 N–H and O–H groups in total. The van der Waals surface area contributed by atoms with E-state index in [2.05, 4.69) is 5.10 Å². The number of hydrogen-bond acceptors (Lipinski definition) is 4. The molecule has 6 nitrogen and oxygen atoms in total. The lowest BCUT2D eigenvalue weighted by atomic mass is 9.69. The van der Waals surface area contributed by atoms with Gasteiger partial charge in [-0.15, -0.1) is 0 Å². The van der Waals surface area contributed by atoms with Crippen molar-refractivity contribution in [3.05, 3.63) is 17.0 Å². The van der Waals surface area contributed by atoms with Crippen molar-refractivity contribution >= 4 is 5.91 Å². The molecule has 2 aliphatic heterocycles. The van der Waals surface area contributed by atoms with E-state index in [1.54, 1.807) is 4.68 Å². The highest BCUT2D eigenvalue weighted by atomic mass is 16.5. The number of rotatable bonds is 2. The summed E-state index contributed by atoms with van der Waals surface area (Å²) < 4.78 is 7.68. The molecule has 4 rings (SSSR count). The third kappa shape index (κ3) is 2.79. The summed E-state index contributed by atoms with van der Waals surface area (Å²) in [5, 5.41) is 15.4. The molecular weight excluding hydrogens is 318 g/mol. The number of aromatic nitrogens is 2. The Kier molecular flexibility index (Phi) is 4.15. The Morgan fingerprint density at radius 1 is 1.28 bits per heavy atom. The molecule has 1 saturated carbocycles. The molecule has 0 bridgehead atoms. The van der Waals surface area contributed by atoms with E-state index in [0.717, 1.165) is 30.5 Å². The normalized spacial score (nSPS) is 29.2. The van der Waals surface area contributed by atoms with E-state index in [1.807, 2.05) is 25.8 Å². The van der Waals surface area contributed by atoms with E-state index < -0.39 is 5.60 Å². The zero-order valence-corrected chi connectivity index (χ0v) is 15.5. The van der Waals surface area contributed by atoms with Gasteiger partial charge in [-0.3, -0.25) is 9.48 Å². The van der Waals surface area contributed by atoms with Crippen LogP contribution in [-0.2, 0) is 18.2 Å². The number of carbonyl (C=O) groups excluding carboxylic acids is 1. The third-order valence-corrected chi connectivity index (χ3v) is 6.49. The maximum Gasteiger partial charge on any atom is 0.274 e. The Labute approximate surface area is 149 Å². The highest BCUT2D eigenvalue weighted by Crippen LogP contribution is 2.42. The van der Waals surface area contributed by atoms with Crippen LogP contribution in [0.1, 0.15) is 73.8 Å². The molecule has 1 aromatic heterocycles. The molecule has 0 spiro atoms. The Balaban J connectivity index is 1.52. The maximum atomic E-state index is 13.1. The van der Waals surface area contributed by atoms with Gasteiger partial charge in [-0.05, 0) is 45.4 Å². The maximum absolute atomic E-state index is 13.1. The molecule has 6 heteroatoms. The van der Waals surface area contributed by atoms with Crippen LogP contribution in [0.3, 0.4) is 0 Å². The van der Waals surface area contributed by atoms with Gasteiger partial charge in [-0.1, -0.05) is 6.42 Å². The number of amides is 1. The van der Waals surface area contributed by atoms with E-state index in [9.17, 15) is 9.90 Å². The van der Waals surface area contributed by atoms with Gasteiger partial charge < -0.3 is 14.7 Å². The highest BCUT2D eigenvalue weighted by Gasteiger charge is 2.43. The number of piperidine rings is 1. The van der Waals surface area contributed by atoms with Crippen LogP contribution in [0.15, 0.2) is 0 Å². The standard InChI is InChI=1S/C19H29N3O3/c1-12-11-15-16(20-21(3)17(15)13(2)25-12)18(23)22-9-7-19(24,8-10-22)14-5-4-6-14/h12-14,24H,4-11H2,1-3H3/t12-,13+/m1/s1. The van der Waals surface area contributed by atoms with E-state index >= 15 is 0 Å². The van der Waals surface area contributed by atoms with E-state index in [4.69, 9.17) is 4.74 Å². The predicted octanol–water partition coefficient (Wildman–Crippen LogP) is 2.21. The zero-order valence-electron chi connectivity index (χ0n) is 15.5. The fourth-order valence-corrected chi connectivity index (χ4v) is 4.81. The summed E-state index contributed by atoms with van der Waals surface area (Å²) in [6, 6.07) is 0. The second-order valence-corrected chi connectivity index (χ2v) is 8.15. The van der Waals surface area contributed by atoms with Gasteiger partial charge in [0.1, 0.15) is 0 Å². The van der Waals surface area contributed by atoms with Crippen LogP contribution in [0.5, 0.6) is 0 Å². The summed E-state index contributed by atoms with van der Waals surface area (Å²) in [7, 11) is 1.89. The number of aryl methyl sites for hydroxylation is 1. The van der Waals surface area contributed by atoms with Gasteiger partial charge in [0, 0.05) is 32.1 Å². The summed E-state index contributed by atoms with van der Waals surface area (Å²) >= 11 is 0. The third-order valence-electron chi connectivity index (χ3n) is 6.49. The van der Waals surface area contributed by atoms with Crippen LogP contribution < -0.4 is 0 Å². The van der Waals surface area contributed by atoms with Gasteiger partial charge in [0.15, 0.2) is 5.69 Å². The lowest BCUT2D eigenvalue weighted by Crippen LogP contribution is -2.52. The fraction of sp³-hybridized carbons (Fsp3) is 0.789. The fourth-order valence-electron chi connectivity index (χ4n) is 4.81. The molecule has 0 aromatic carbocycles. The van der Waals surface area contributed by atoms with Crippen molar-refractivity contribution in [3.63, 3.8) is 0 Å². The van der Waals surface area contributed by atoms with Crippen molar-refractivity contribution in [2.75, 3.05) is 13.1 Å². The van der Waals surface area contributed by atoms with Gasteiger partial charge >= 0.3 is 0 Å². The van der Waals surface area contributed by atoms with Crippen LogP contribution in [-0.4, -0.2) is 50.5 Å². The molecule has 0 radical (unpaired) electrons. The molecule has 1 saturated heterocycles. The van der Waals surface area contributed by atoms with Crippen molar-refractivity contribution in [2.45, 2.75) is 70.2 Å². The highest BCUT2D eigenvalue weighted by molar-refractivity contribution is 5.94. The quantitative estimate of drug-likeness (QED) is 0.891. The summed E-state index contributed by atoms with van der Waals surface area (Å²) in [5.74, 6) is 0.444. The van der Waals surface area contributed by atoms with Crippen LogP contribution >= 0.6 is 0 Å². The number of nitrogens with zero attached hydrogens (tertiary/aromatic N) is 3. The molecular formula is C19H29N3O3. The van der Waals surface area contributed by atoms with Crippen molar-refractivity contribution in [2.24, 2.45) is 13.0 Å². The number of fused-ring (bicyclic) bond motifs is 1. The zero-order chi connectivity index (χ0) is 17.8. The van der Waals surface area contributed by atoms with Gasteiger partial charge in [0.05, 0.1) is 23.5 Å². The average molecular weight is 347 g/mol. The van der Waals surface area contributed by atoms with Crippen molar-refractivity contribution in [1.29, 1.82) is 0 Å². The minimum Gasteiger partial charge on any atom is -0.389 e. The number of ether oxygens (including phenoxy) is 1. The summed E-state index contributed by atoms with van der Waals surface area (Å²) in [5.41, 5.74) is 2.08. The lowest BCUT2D eigenvalue weighted by molar-refractivity contribution is -0.0862. The molecule has 3 heterocycles. The Morgan fingerprint density at radius 2 is 1.96 bits per heavy atom. The molecule has 0 unspecified atom stereocenters. The van der Waals surface area contributed by atoms with Gasteiger partial charge in [-0.25, -0.2) is 0 Å². The molecule has 1 aromatic rings. The molecule has 2 fully saturated rings. The summed E-state index contributed by atoms with van der Waals surface area (Å²) in [6.07, 6.45) is 5.67. The van der Waals surface area contributed by atoms with Crippen LogP contribution in [0.25, 0.3) is 0 Å². The van der Waals surface area contributed by atoms with E-state index in [-0.39, 0.29) is 18.1 Å². The Hall–Kier alpha value is -1.40. The first-order valence-electron chi connectivity index (χ1n) is 9.62. The SMILES string of the molecule is C[C@@H]1Cc2c(C(=O)N3CCC(O)(C4CCC4)CC3)nn(C)c2[C@H](C)O1. The van der Waals surface area contributed by atoms with E-state index in [0.29, 0.717) is 37.5 Å². The van der Waals surface area contributed by atoms with Gasteiger partial charge in [0.2, 0.25) is 0 Å². The van der Waals surface area contributed by atoms with Gasteiger partial charge in [0.25, 0.3) is 5.91 Å². The minimum atomic E-state index is -0.560. The number of aliphatic hydroxyl groups is 1. The molecule has 3 aliphatic rings. The predicted molar refractivity (Wildman–Crippen MR) is 93.3 cm³/mol. The summed E-state index contributed by atoms with van der Waals surface area (Å²) in [6.45, 7) is 5.31. The van der Waals surface area contributed by atoms with Crippen LogP contribution in [0.2, 0.25) is 0 Å². The van der Waals surface area contributed by atoms with Crippen LogP contribution in [0.4, 0.5) is 0 Å². The van der Waals surface area contributed by atoms with Crippen molar-refractivity contribution in [3.8, 4) is 0 Å². The second kappa shape index (κ2) is 6.09. The first-order valence-corrected chi connectivity index (χ1v) is 9.62. The van der Waals surface area contributed by atoms with Gasteiger partial charge in [-0.2, -0.15) is 5.10 Å². The molecule has 25 heavy (non-hydrogen) atoms. The molecule has 138 valence electrons. The minimum absolute atomic E-state index is 0.00816. The monoisotopic (exact) mass is 347 g/mol. The average Bonchev–Trinajstić information content (AvgIpc) is 2.82. The first-order chi connectivity index (χ1) is 11.9. The second-order valence-electron chi connectivity index (χ2n) is 8.15. The molecule has 1 amide bonds. The van der Waals surface area contributed by atoms with Crippen LogP contribution in [0, 0.1) is 5.92 Å². The first kappa shape index (κ1) is 17.0. The smallest absolute Gasteiger partial charge is 0.274 e. The van der Waals surface area contributed by atoms with E-state index in [1.165, 1.54) is 6.42 Å². The lowest BCUT2D eigenvalue weighted by Gasteiger charge is -2.46. The number of likely N-dealkylation sites (tertiary alicyclic amines) is 1. The van der Waals surface area contributed by atoms with Crippen molar-refractivity contribution in [1.82, 2.24) is 14.7 Å². The molecule has 1 aliphatic carbocycles. The Bertz CT molecular complexity index is 672. The largest absolute Gasteiger partial charge is 0.389 e. The molecule has 2 atom stereocenters.